The van der Waals surface area contributed by atoms with Crippen molar-refractivity contribution in [1.82, 2.24) is 10.2 Å². The molecule has 11 heteroatoms. The van der Waals surface area contributed by atoms with Gasteiger partial charge in [-0.3, -0.25) is 10.1 Å². The highest BCUT2D eigenvalue weighted by Crippen LogP contribution is 2.41. The van der Waals surface area contributed by atoms with Crippen LogP contribution >= 0.6 is 0 Å². The van der Waals surface area contributed by atoms with Gasteiger partial charge in [-0.2, -0.15) is 0 Å². The van der Waals surface area contributed by atoms with Crippen LogP contribution in [0.25, 0.3) is 11.5 Å². The van der Waals surface area contributed by atoms with E-state index in [1.165, 1.54) is 24.3 Å². The van der Waals surface area contributed by atoms with Crippen molar-refractivity contribution < 1.29 is 31.8 Å². The maximum Gasteiger partial charge on any atom is 0.322 e. The summed E-state index contributed by atoms with van der Waals surface area (Å²) in [5.41, 5.74) is 0.647. The van der Waals surface area contributed by atoms with Gasteiger partial charge in [0, 0.05) is 17.4 Å². The van der Waals surface area contributed by atoms with Crippen LogP contribution in [-0.2, 0) is 9.84 Å². The van der Waals surface area contributed by atoms with Gasteiger partial charge >= 0.3 is 6.01 Å². The second kappa shape index (κ2) is 10.3. The molecule has 0 atom stereocenters. The Morgan fingerprint density at radius 2 is 1.61 bits per heavy atom. The number of carbonyl (C=O) groups excluding carboxylic acids is 1. The third kappa shape index (κ3) is 5.80. The summed E-state index contributed by atoms with van der Waals surface area (Å²) in [5, 5.41) is 10.3. The van der Waals surface area contributed by atoms with E-state index in [-0.39, 0.29) is 22.4 Å². The first-order valence-corrected chi connectivity index (χ1v) is 12.2. The van der Waals surface area contributed by atoms with Gasteiger partial charge in [0.1, 0.15) is 0 Å². The number of nitrogens with one attached hydrogen (secondary N) is 1. The van der Waals surface area contributed by atoms with Crippen molar-refractivity contribution in [3.8, 4) is 28.7 Å². The summed E-state index contributed by atoms with van der Waals surface area (Å²) in [7, 11) is -3.45. The first-order chi connectivity index (χ1) is 15.8. The van der Waals surface area contributed by atoms with Crippen LogP contribution in [0.15, 0.2) is 45.7 Å². The van der Waals surface area contributed by atoms with Crippen LogP contribution in [0.4, 0.5) is 6.01 Å². The summed E-state index contributed by atoms with van der Waals surface area (Å²) in [5.74, 6) is 0.930. The molecule has 1 N–H and O–H groups in total. The number of aromatic nitrogens is 2. The van der Waals surface area contributed by atoms with Gasteiger partial charge in [-0.25, -0.2) is 8.42 Å². The molecule has 0 saturated carbocycles. The van der Waals surface area contributed by atoms with E-state index in [4.69, 9.17) is 18.6 Å². The summed E-state index contributed by atoms with van der Waals surface area (Å²) < 4.78 is 46.1. The van der Waals surface area contributed by atoms with Gasteiger partial charge in [-0.15, -0.1) is 5.10 Å². The Hall–Kier alpha value is -3.60. The standard InChI is InChI=1S/C22H25N3O7S/c1-5-29-17-12-15(13-18(30-6-2)19(17)31-7-3)21-24-25-22(32-21)23-20(26)14-9-8-10-16(11-14)33(4,27)28/h8-13H,5-7H2,1-4H3,(H,23,25,26). The van der Waals surface area contributed by atoms with Gasteiger partial charge in [-0.05, 0) is 51.1 Å². The first-order valence-electron chi connectivity index (χ1n) is 10.3. The van der Waals surface area contributed by atoms with Gasteiger partial charge in [0.25, 0.3) is 5.91 Å². The lowest BCUT2D eigenvalue weighted by Crippen LogP contribution is -2.13. The number of benzene rings is 2. The fourth-order valence-corrected chi connectivity index (χ4v) is 3.61. The van der Waals surface area contributed by atoms with E-state index in [1.54, 1.807) is 12.1 Å². The highest BCUT2D eigenvalue weighted by Gasteiger charge is 2.20. The molecule has 1 amide bonds. The number of nitrogens with zero attached hydrogens (tertiary/aromatic N) is 2. The number of carbonyl (C=O) groups is 1. The van der Waals surface area contributed by atoms with Crippen LogP contribution in [0.1, 0.15) is 31.1 Å². The average molecular weight is 476 g/mol. The Labute approximate surface area is 191 Å². The predicted octanol–water partition coefficient (Wildman–Crippen LogP) is 3.59. The van der Waals surface area contributed by atoms with Gasteiger partial charge in [-0.1, -0.05) is 11.2 Å². The first kappa shape index (κ1) is 24.1. The summed E-state index contributed by atoms with van der Waals surface area (Å²) in [4.78, 5) is 12.6. The van der Waals surface area contributed by atoms with E-state index >= 15 is 0 Å². The maximum absolute atomic E-state index is 12.5. The minimum atomic E-state index is -3.45. The van der Waals surface area contributed by atoms with Crippen molar-refractivity contribution in [2.45, 2.75) is 25.7 Å². The Morgan fingerprint density at radius 3 is 2.18 bits per heavy atom. The molecule has 0 aliphatic heterocycles. The average Bonchev–Trinajstić information content (AvgIpc) is 3.24. The van der Waals surface area contributed by atoms with E-state index in [0.29, 0.717) is 42.6 Å². The number of hydrogen-bond acceptors (Lipinski definition) is 9. The molecule has 1 heterocycles. The van der Waals surface area contributed by atoms with Crippen molar-refractivity contribution in [3.05, 3.63) is 42.0 Å². The van der Waals surface area contributed by atoms with Crippen LogP contribution in [0, 0.1) is 0 Å². The Morgan fingerprint density at radius 1 is 0.970 bits per heavy atom. The molecule has 0 fully saturated rings. The second-order valence-corrected chi connectivity index (χ2v) is 8.78. The molecule has 0 bridgehead atoms. The highest BCUT2D eigenvalue weighted by molar-refractivity contribution is 7.90. The van der Waals surface area contributed by atoms with Gasteiger partial charge < -0.3 is 18.6 Å². The van der Waals surface area contributed by atoms with Crippen molar-refractivity contribution in [3.63, 3.8) is 0 Å². The van der Waals surface area contributed by atoms with Crippen LogP contribution < -0.4 is 19.5 Å². The zero-order valence-electron chi connectivity index (χ0n) is 18.7. The zero-order chi connectivity index (χ0) is 24.0. The molecule has 0 radical (unpaired) electrons. The number of anilines is 1. The summed E-state index contributed by atoms with van der Waals surface area (Å²) in [6.07, 6.45) is 1.07. The quantitative estimate of drug-likeness (QED) is 0.467. The summed E-state index contributed by atoms with van der Waals surface area (Å²) >= 11 is 0. The Balaban J connectivity index is 1.88. The summed E-state index contributed by atoms with van der Waals surface area (Å²) in [6.45, 7) is 6.80. The molecule has 2 aromatic carbocycles. The van der Waals surface area contributed by atoms with E-state index in [0.717, 1.165) is 6.26 Å². The molecule has 10 nitrogen and oxygen atoms in total. The molecule has 1 aromatic heterocycles. The number of rotatable bonds is 10. The Bertz CT molecular complexity index is 1210. The van der Waals surface area contributed by atoms with Crippen LogP contribution in [0.2, 0.25) is 0 Å². The van der Waals surface area contributed by atoms with Crippen molar-refractivity contribution in [2.75, 3.05) is 31.4 Å². The summed E-state index contributed by atoms with van der Waals surface area (Å²) in [6, 6.07) is 8.87. The number of amides is 1. The minimum Gasteiger partial charge on any atom is -0.490 e. The number of hydrogen-bond donors (Lipinski definition) is 1. The molecular formula is C22H25N3O7S. The smallest absolute Gasteiger partial charge is 0.322 e. The van der Waals surface area contributed by atoms with E-state index in [9.17, 15) is 13.2 Å². The lowest BCUT2D eigenvalue weighted by atomic mass is 10.2. The zero-order valence-corrected chi connectivity index (χ0v) is 19.6. The van der Waals surface area contributed by atoms with Crippen molar-refractivity contribution in [2.24, 2.45) is 0 Å². The SMILES string of the molecule is CCOc1cc(-c2nnc(NC(=O)c3cccc(S(C)(=O)=O)c3)o2)cc(OCC)c1OCC. The topological polar surface area (TPSA) is 130 Å². The third-order valence-electron chi connectivity index (χ3n) is 4.33. The molecule has 3 rings (SSSR count). The van der Waals surface area contributed by atoms with Crippen LogP contribution in [-0.4, -0.2) is 50.6 Å². The highest BCUT2D eigenvalue weighted by atomic mass is 32.2. The molecule has 0 unspecified atom stereocenters. The Kier molecular flexibility index (Phi) is 7.54. The fourth-order valence-electron chi connectivity index (χ4n) is 2.94. The molecule has 0 spiro atoms. The predicted molar refractivity (Wildman–Crippen MR) is 121 cm³/mol. The van der Waals surface area contributed by atoms with Crippen molar-refractivity contribution in [1.29, 1.82) is 0 Å². The molecule has 33 heavy (non-hydrogen) atoms. The lowest BCUT2D eigenvalue weighted by Gasteiger charge is -2.16. The van der Waals surface area contributed by atoms with E-state index in [2.05, 4.69) is 15.5 Å². The lowest BCUT2D eigenvalue weighted by molar-refractivity contribution is 0.102. The number of ether oxygens (including phenoxy) is 3. The molecule has 0 saturated heterocycles. The van der Waals surface area contributed by atoms with Crippen LogP contribution in [0.3, 0.4) is 0 Å². The third-order valence-corrected chi connectivity index (χ3v) is 5.44. The minimum absolute atomic E-state index is 0.0302. The van der Waals surface area contributed by atoms with Gasteiger partial charge in [0.05, 0.1) is 24.7 Å². The molecule has 0 aliphatic rings. The van der Waals surface area contributed by atoms with Crippen LogP contribution in [0.5, 0.6) is 17.2 Å². The molecular weight excluding hydrogens is 450 g/mol. The molecule has 3 aromatic rings. The normalized spacial score (nSPS) is 11.2. The second-order valence-electron chi connectivity index (χ2n) is 6.77. The maximum atomic E-state index is 12.5. The van der Waals surface area contributed by atoms with E-state index < -0.39 is 15.7 Å². The number of sulfone groups is 1. The van der Waals surface area contributed by atoms with Gasteiger partial charge in [0.2, 0.25) is 11.6 Å². The van der Waals surface area contributed by atoms with Crippen molar-refractivity contribution >= 4 is 21.8 Å². The van der Waals surface area contributed by atoms with E-state index in [1.807, 2.05) is 20.8 Å². The van der Waals surface area contributed by atoms with Gasteiger partial charge in [0.15, 0.2) is 21.3 Å². The molecule has 176 valence electrons. The largest absolute Gasteiger partial charge is 0.490 e. The fraction of sp³-hybridized carbons (Fsp3) is 0.318. The monoisotopic (exact) mass is 475 g/mol. The molecule has 0 aliphatic carbocycles.